The predicted molar refractivity (Wildman–Crippen MR) is 199 cm³/mol. The molecule has 0 bridgehead atoms. The van der Waals surface area contributed by atoms with Crippen molar-refractivity contribution in [3.63, 3.8) is 0 Å². The van der Waals surface area contributed by atoms with Crippen molar-refractivity contribution >= 4 is 23.3 Å². The topological polar surface area (TPSA) is 89.5 Å². The van der Waals surface area contributed by atoms with Gasteiger partial charge in [-0.3, -0.25) is 14.8 Å². The molecule has 10 nitrogen and oxygen atoms in total. The third-order valence-electron chi connectivity index (χ3n) is 10.3. The maximum Gasteiger partial charge on any atom is 0.179 e. The van der Waals surface area contributed by atoms with Gasteiger partial charge in [0.1, 0.15) is 17.3 Å². The maximum atomic E-state index is 5.29. The summed E-state index contributed by atoms with van der Waals surface area (Å²) in [4.78, 5) is 22.9. The number of rotatable bonds is 10. The number of nitrogens with zero attached hydrogens (tertiary/aromatic N) is 8. The van der Waals surface area contributed by atoms with Gasteiger partial charge in [-0.05, 0) is 79.0 Å². The summed E-state index contributed by atoms with van der Waals surface area (Å²) in [6.45, 7) is 9.58. The van der Waals surface area contributed by atoms with E-state index < -0.39 is 0 Å². The van der Waals surface area contributed by atoms with E-state index in [-0.39, 0.29) is 0 Å². The van der Waals surface area contributed by atoms with Crippen LogP contribution >= 0.6 is 0 Å². The molecule has 3 aliphatic rings. The Balaban J connectivity index is 0.949. The average Bonchev–Trinajstić information content (AvgIpc) is 3.69. The number of aromatic amines is 1. The first-order valence-electron chi connectivity index (χ1n) is 17.9. The van der Waals surface area contributed by atoms with Crippen LogP contribution in [0.4, 0.5) is 11.5 Å². The Bertz CT molecular complexity index is 1880. The molecule has 1 N–H and O–H groups in total. The van der Waals surface area contributed by atoms with Gasteiger partial charge in [0.25, 0.3) is 0 Å². The Hall–Kier alpha value is -4.90. The second-order valence-corrected chi connectivity index (χ2v) is 13.5. The van der Waals surface area contributed by atoms with Gasteiger partial charge in [0, 0.05) is 64.2 Å². The lowest BCUT2D eigenvalue weighted by Crippen LogP contribution is -2.47. The van der Waals surface area contributed by atoms with Crippen molar-refractivity contribution in [1.82, 2.24) is 34.9 Å². The van der Waals surface area contributed by atoms with Gasteiger partial charge in [-0.2, -0.15) is 0 Å². The largest absolute Gasteiger partial charge is 0.383 e. The van der Waals surface area contributed by atoms with E-state index in [9.17, 15) is 0 Å². The standard InChI is InChI=1S/C40H45N9O/c1-50-26-25-46-21-23-48(24-22-46)38-15-14-33-29-49(34-7-3-2-4-8-34)37(27-36(33)42-38)31-12-10-30(11-13-31)28-47-19-16-32(17-20-47)39-43-40(45-44-39)35-9-5-6-18-41-35/h2-15,18,27,32H,16-17,19-26,28-29H2,1H3,(H,43,44,45). The molecule has 0 saturated carbocycles. The Kier molecular flexibility index (Phi) is 9.64. The SMILES string of the molecule is COCCN1CCN(c2ccc3c(n2)C=C(c2ccc(CN4CCC(c5nnc(-c6ccccn6)[nH]5)CC4)cc2)N(c2ccccc2)C3)CC1. The van der Waals surface area contributed by atoms with Crippen molar-refractivity contribution in [3.05, 3.63) is 119 Å². The van der Waals surface area contributed by atoms with Gasteiger partial charge >= 0.3 is 0 Å². The molecule has 0 aliphatic carbocycles. The molecule has 2 fully saturated rings. The van der Waals surface area contributed by atoms with Crippen LogP contribution in [0.1, 0.15) is 47.0 Å². The number of piperazine rings is 1. The van der Waals surface area contributed by atoms with Crippen LogP contribution in [0.5, 0.6) is 0 Å². The monoisotopic (exact) mass is 667 g/mol. The van der Waals surface area contributed by atoms with E-state index in [0.29, 0.717) is 5.92 Å². The molecule has 0 radical (unpaired) electrons. The highest BCUT2D eigenvalue weighted by molar-refractivity contribution is 5.92. The highest BCUT2D eigenvalue weighted by atomic mass is 16.5. The van der Waals surface area contributed by atoms with Crippen LogP contribution < -0.4 is 9.80 Å². The van der Waals surface area contributed by atoms with Gasteiger partial charge in [0.15, 0.2) is 5.82 Å². The molecule has 0 atom stereocenters. The molecule has 3 aromatic heterocycles. The van der Waals surface area contributed by atoms with E-state index in [1.807, 2.05) is 18.2 Å². The Morgan fingerprint density at radius 2 is 1.60 bits per heavy atom. The molecular formula is C40H45N9O. The first-order chi connectivity index (χ1) is 24.7. The Labute approximate surface area is 294 Å². The van der Waals surface area contributed by atoms with Crippen molar-refractivity contribution in [3.8, 4) is 11.5 Å². The number of aromatic nitrogens is 5. The zero-order chi connectivity index (χ0) is 33.7. The molecule has 2 saturated heterocycles. The molecule has 10 heteroatoms. The van der Waals surface area contributed by atoms with Crippen LogP contribution in [-0.4, -0.2) is 94.5 Å². The normalized spacial score (nSPS) is 17.5. The van der Waals surface area contributed by atoms with Crippen LogP contribution in [0.2, 0.25) is 0 Å². The molecule has 5 aromatic rings. The smallest absolute Gasteiger partial charge is 0.179 e. The first kappa shape index (κ1) is 32.3. The fourth-order valence-electron chi connectivity index (χ4n) is 7.37. The van der Waals surface area contributed by atoms with Crippen LogP contribution in [0.3, 0.4) is 0 Å². The summed E-state index contributed by atoms with van der Waals surface area (Å²) in [5, 5.41) is 8.84. The molecule has 256 valence electrons. The molecule has 50 heavy (non-hydrogen) atoms. The van der Waals surface area contributed by atoms with E-state index in [4.69, 9.17) is 9.72 Å². The van der Waals surface area contributed by atoms with Gasteiger partial charge in [0.2, 0.25) is 0 Å². The maximum absolute atomic E-state index is 5.29. The summed E-state index contributed by atoms with van der Waals surface area (Å²) in [6, 6.07) is 30.2. The molecule has 6 heterocycles. The number of methoxy groups -OCH3 is 1. The molecule has 8 rings (SSSR count). The van der Waals surface area contributed by atoms with Gasteiger partial charge < -0.3 is 19.5 Å². The Morgan fingerprint density at radius 3 is 2.36 bits per heavy atom. The van der Waals surface area contributed by atoms with Crippen molar-refractivity contribution in [2.75, 3.05) is 69.3 Å². The third kappa shape index (κ3) is 7.19. The lowest BCUT2D eigenvalue weighted by molar-refractivity contribution is 0.144. The second-order valence-electron chi connectivity index (χ2n) is 13.5. The minimum atomic E-state index is 0.392. The number of hydrogen-bond acceptors (Lipinski definition) is 9. The number of ether oxygens (including phenoxy) is 1. The highest BCUT2D eigenvalue weighted by Crippen LogP contribution is 2.36. The molecule has 2 aromatic carbocycles. The van der Waals surface area contributed by atoms with Crippen LogP contribution in [0.25, 0.3) is 23.3 Å². The minimum Gasteiger partial charge on any atom is -0.383 e. The summed E-state index contributed by atoms with van der Waals surface area (Å²) in [7, 11) is 1.77. The fraction of sp³-hybridized carbons (Fsp3) is 0.350. The number of anilines is 2. The predicted octanol–water partition coefficient (Wildman–Crippen LogP) is 5.93. The van der Waals surface area contributed by atoms with Crippen LogP contribution in [-0.2, 0) is 17.8 Å². The molecule has 3 aliphatic heterocycles. The van der Waals surface area contributed by atoms with Gasteiger partial charge in [-0.15, -0.1) is 10.2 Å². The number of H-pyrrole nitrogens is 1. The summed E-state index contributed by atoms with van der Waals surface area (Å²) in [5.41, 5.74) is 8.05. The number of benzene rings is 2. The van der Waals surface area contributed by atoms with E-state index in [1.165, 1.54) is 28.1 Å². The van der Waals surface area contributed by atoms with Crippen molar-refractivity contribution < 1.29 is 4.74 Å². The highest BCUT2D eigenvalue weighted by Gasteiger charge is 2.26. The number of nitrogens with one attached hydrogen (secondary N) is 1. The second kappa shape index (κ2) is 14.9. The number of likely N-dealkylation sites (tertiary alicyclic amines) is 1. The first-order valence-corrected chi connectivity index (χ1v) is 17.9. The zero-order valence-corrected chi connectivity index (χ0v) is 28.8. The van der Waals surface area contributed by atoms with Crippen molar-refractivity contribution in [2.45, 2.75) is 31.8 Å². The Morgan fingerprint density at radius 1 is 0.800 bits per heavy atom. The number of pyridine rings is 2. The van der Waals surface area contributed by atoms with Crippen LogP contribution in [0, 0.1) is 0 Å². The summed E-state index contributed by atoms with van der Waals surface area (Å²) < 4.78 is 5.29. The zero-order valence-electron chi connectivity index (χ0n) is 28.8. The third-order valence-corrected chi connectivity index (χ3v) is 10.3. The number of para-hydroxylation sites is 1. The average molecular weight is 668 g/mol. The molecule has 0 spiro atoms. The van der Waals surface area contributed by atoms with E-state index >= 15 is 0 Å². The van der Waals surface area contributed by atoms with Gasteiger partial charge in [-0.25, -0.2) is 4.98 Å². The van der Waals surface area contributed by atoms with E-state index in [1.54, 1.807) is 13.3 Å². The van der Waals surface area contributed by atoms with Crippen molar-refractivity contribution in [1.29, 1.82) is 0 Å². The molecular weight excluding hydrogens is 623 g/mol. The van der Waals surface area contributed by atoms with E-state index in [0.717, 1.165) is 107 Å². The molecule has 0 unspecified atom stereocenters. The minimum absolute atomic E-state index is 0.392. The van der Waals surface area contributed by atoms with E-state index in [2.05, 4.69) is 113 Å². The number of hydrogen-bond donors (Lipinski definition) is 1. The summed E-state index contributed by atoms with van der Waals surface area (Å²) >= 11 is 0. The number of piperidine rings is 1. The molecule has 0 amide bonds. The fourth-order valence-corrected chi connectivity index (χ4v) is 7.37. The van der Waals surface area contributed by atoms with Crippen molar-refractivity contribution in [2.24, 2.45) is 0 Å². The lowest BCUT2D eigenvalue weighted by Gasteiger charge is -2.36. The van der Waals surface area contributed by atoms with Gasteiger partial charge in [0.05, 0.1) is 24.5 Å². The lowest BCUT2D eigenvalue weighted by atomic mass is 9.95. The van der Waals surface area contributed by atoms with Crippen LogP contribution in [0.15, 0.2) is 91.1 Å². The summed E-state index contributed by atoms with van der Waals surface area (Å²) in [6.07, 6.45) is 6.19. The summed E-state index contributed by atoms with van der Waals surface area (Å²) in [5.74, 6) is 3.18. The van der Waals surface area contributed by atoms with Gasteiger partial charge in [-0.1, -0.05) is 54.6 Å². The quantitative estimate of drug-likeness (QED) is 0.195. The number of fused-ring (bicyclic) bond motifs is 1.